The predicted molar refractivity (Wildman–Crippen MR) is 48.8 cm³/mol. The van der Waals surface area contributed by atoms with Crippen molar-refractivity contribution >= 4 is 27.2 Å². The summed E-state index contributed by atoms with van der Waals surface area (Å²) < 4.78 is 0. The Morgan fingerprint density at radius 1 is 1.10 bits per heavy atom. The second-order valence-electron chi connectivity index (χ2n) is 1.59. The smallest absolute Gasteiger partial charge is 0.0866 e. The minimum absolute atomic E-state index is 0.250. The molecule has 0 radical (unpaired) electrons. The molecule has 0 N–H and O–H groups in total. The fourth-order valence-corrected chi connectivity index (χ4v) is 0.478. The molecule has 0 aliphatic heterocycles. The molecule has 10 heavy (non-hydrogen) atoms. The summed E-state index contributed by atoms with van der Waals surface area (Å²) in [6.07, 6.45) is 0. The maximum Gasteiger partial charge on any atom is -0.0866 e. The second kappa shape index (κ2) is 7.78. The number of rotatable bonds is 0. The van der Waals surface area contributed by atoms with Crippen molar-refractivity contribution in [1.82, 2.24) is 0 Å². The molecule has 0 amide bonds. The van der Waals surface area contributed by atoms with E-state index < -0.39 is 0 Å². The Labute approximate surface area is 82.7 Å². The summed E-state index contributed by atoms with van der Waals surface area (Å²) in [5, 5.41) is 0. The summed E-state index contributed by atoms with van der Waals surface area (Å²) in [6.45, 7) is 3.72. The zero-order valence-electron chi connectivity index (χ0n) is 5.56. The van der Waals surface area contributed by atoms with Crippen molar-refractivity contribution in [3.63, 3.8) is 0 Å². The summed E-state index contributed by atoms with van der Waals surface area (Å²) >= 11 is 6.25. The maximum atomic E-state index is 3.72. The maximum absolute atomic E-state index is 3.72. The van der Waals surface area contributed by atoms with E-state index in [1.807, 2.05) is 30.3 Å². The van der Waals surface area contributed by atoms with Crippen LogP contribution in [0.2, 0.25) is 0 Å². The molecule has 1 aromatic carbocycles. The fourth-order valence-electron chi connectivity index (χ4n) is 0.478. The first-order valence-corrected chi connectivity index (χ1v) is 16.7. The quantitative estimate of drug-likeness (QED) is 0.507. The molecule has 52 valence electrons. The van der Waals surface area contributed by atoms with Gasteiger partial charge >= 0.3 is 40.5 Å². The molecule has 0 aliphatic carbocycles. The number of hydrogen-bond acceptors (Lipinski definition) is 0. The Bertz CT molecular complexity index is 153. The molecule has 0 fully saturated rings. The van der Waals surface area contributed by atoms with Crippen molar-refractivity contribution < 1.29 is 13.2 Å². The van der Waals surface area contributed by atoms with Crippen LogP contribution in [-0.2, 0) is 13.2 Å². The summed E-state index contributed by atoms with van der Waals surface area (Å²) in [4.78, 5) is 0. The van der Waals surface area contributed by atoms with Crippen LogP contribution in [0.25, 0.3) is 0 Å². The van der Waals surface area contributed by atoms with Crippen LogP contribution in [0.3, 0.4) is 0 Å². The molecule has 1 rings (SSSR count). The zero-order valence-corrected chi connectivity index (χ0v) is 11.7. The van der Waals surface area contributed by atoms with Crippen LogP contribution in [-0.4, -0.2) is 0 Å². The van der Waals surface area contributed by atoms with Crippen LogP contribution in [0, 0.1) is 6.92 Å². The molecule has 0 heterocycles. The van der Waals surface area contributed by atoms with Crippen LogP contribution < -0.4 is 0 Å². The molecule has 0 spiro atoms. The van der Waals surface area contributed by atoms with Crippen molar-refractivity contribution in [1.29, 1.82) is 0 Å². The normalized spacial score (nSPS) is 7.00. The first-order valence-electron chi connectivity index (χ1n) is 2.80. The van der Waals surface area contributed by atoms with Gasteiger partial charge in [0.25, 0.3) is 0 Å². The van der Waals surface area contributed by atoms with Crippen molar-refractivity contribution in [2.24, 2.45) is 0 Å². The van der Waals surface area contributed by atoms with Gasteiger partial charge in [-0.25, -0.2) is 0 Å². The molecular formula is C7H7Br2Zn-. The van der Waals surface area contributed by atoms with Gasteiger partial charge in [-0.1, -0.05) is 6.07 Å². The van der Waals surface area contributed by atoms with Gasteiger partial charge in [-0.05, 0) is 0 Å². The molecule has 0 unspecified atom stereocenters. The molecule has 0 bridgehead atoms. The van der Waals surface area contributed by atoms with E-state index in [1.54, 1.807) is 0 Å². The van der Waals surface area contributed by atoms with Gasteiger partial charge in [0, 0.05) is 0 Å². The molecule has 0 aliphatic rings. The fraction of sp³-hybridized carbons (Fsp3) is 0. The third-order valence-corrected chi connectivity index (χ3v) is 0.843. The van der Waals surface area contributed by atoms with E-state index in [0.29, 0.717) is 0 Å². The first-order chi connectivity index (χ1) is 4.81. The third kappa shape index (κ3) is 6.79. The molecule has 0 aromatic heterocycles. The monoisotopic (exact) mass is 313 g/mol. The standard InChI is InChI=1S/C7H7.2BrH.Zn/c1-7-5-3-2-4-6-7;;;/h2-6H,1H2;2*1H;/q-1;;;+2/p-2. The Kier molecular flexibility index (Phi) is 8.30. The van der Waals surface area contributed by atoms with Gasteiger partial charge < -0.3 is 0 Å². The van der Waals surface area contributed by atoms with Crippen molar-refractivity contribution in [3.05, 3.63) is 42.8 Å². The number of benzene rings is 1. The zero-order chi connectivity index (χ0) is 7.82. The van der Waals surface area contributed by atoms with Gasteiger partial charge in [0.1, 0.15) is 0 Å². The van der Waals surface area contributed by atoms with E-state index in [0.717, 1.165) is 5.56 Å². The average molecular weight is 316 g/mol. The van der Waals surface area contributed by atoms with Crippen molar-refractivity contribution in [3.8, 4) is 0 Å². The summed E-state index contributed by atoms with van der Waals surface area (Å²) in [7, 11) is 0. The van der Waals surface area contributed by atoms with Gasteiger partial charge in [-0.15, -0.1) is 12.1 Å². The predicted octanol–water partition coefficient (Wildman–Crippen LogP) is 3.56. The SMILES string of the molecule is [Br][Zn][Br].[CH2-]c1ccccc1. The topological polar surface area (TPSA) is 0 Å². The van der Waals surface area contributed by atoms with Gasteiger partial charge in [0.05, 0.1) is 0 Å². The minimum atomic E-state index is -0.250. The van der Waals surface area contributed by atoms with Crippen LogP contribution >= 0.6 is 27.2 Å². The van der Waals surface area contributed by atoms with Gasteiger partial charge in [0.15, 0.2) is 0 Å². The molecule has 0 saturated carbocycles. The van der Waals surface area contributed by atoms with Crippen molar-refractivity contribution in [2.75, 3.05) is 0 Å². The summed E-state index contributed by atoms with van der Waals surface area (Å²) in [6, 6.07) is 9.87. The van der Waals surface area contributed by atoms with E-state index in [1.165, 1.54) is 0 Å². The van der Waals surface area contributed by atoms with E-state index in [4.69, 9.17) is 0 Å². The summed E-state index contributed by atoms with van der Waals surface area (Å²) in [5.41, 5.74) is 1.07. The first kappa shape index (κ1) is 10.7. The summed E-state index contributed by atoms with van der Waals surface area (Å²) in [5.74, 6) is 0. The number of halogens is 2. The van der Waals surface area contributed by atoms with Gasteiger partial charge in [0.2, 0.25) is 0 Å². The van der Waals surface area contributed by atoms with Gasteiger partial charge in [-0.3, -0.25) is 0 Å². The largest absolute Gasteiger partial charge is 0.199 e. The molecule has 3 heteroatoms. The molecular weight excluding hydrogens is 309 g/mol. The van der Waals surface area contributed by atoms with Crippen LogP contribution in [0.15, 0.2) is 30.3 Å². The molecule has 0 atom stereocenters. The Hall–Kier alpha value is 0.673. The van der Waals surface area contributed by atoms with E-state index in [2.05, 4.69) is 34.2 Å². The van der Waals surface area contributed by atoms with E-state index >= 15 is 0 Å². The Balaban J connectivity index is 0.000000236. The third-order valence-electron chi connectivity index (χ3n) is 0.843. The Morgan fingerprint density at radius 2 is 1.50 bits per heavy atom. The minimum Gasteiger partial charge on any atom is -0.199 e. The second-order valence-corrected chi connectivity index (χ2v) is 15.7. The molecule has 0 nitrogen and oxygen atoms in total. The van der Waals surface area contributed by atoms with Crippen LogP contribution in [0.5, 0.6) is 0 Å². The van der Waals surface area contributed by atoms with Gasteiger partial charge in [-0.2, -0.15) is 24.6 Å². The van der Waals surface area contributed by atoms with Crippen LogP contribution in [0.1, 0.15) is 5.56 Å². The average Bonchev–Trinajstić information content (AvgIpc) is 1.91. The molecule has 1 aromatic rings. The number of hydrogen-bond donors (Lipinski definition) is 0. The van der Waals surface area contributed by atoms with Crippen molar-refractivity contribution in [2.45, 2.75) is 0 Å². The van der Waals surface area contributed by atoms with E-state index in [9.17, 15) is 0 Å². The van der Waals surface area contributed by atoms with E-state index in [-0.39, 0.29) is 13.2 Å². The van der Waals surface area contributed by atoms with Crippen LogP contribution in [0.4, 0.5) is 0 Å². The Morgan fingerprint density at radius 3 is 1.70 bits per heavy atom. The molecule has 0 saturated heterocycles.